The Bertz CT molecular complexity index is 1560. The van der Waals surface area contributed by atoms with E-state index in [4.69, 9.17) is 14.7 Å². The number of nitrogens with one attached hydrogen (secondary N) is 1. The van der Waals surface area contributed by atoms with Gasteiger partial charge in [-0.2, -0.15) is 13.2 Å². The minimum atomic E-state index is -4.45. The number of esters is 1. The maximum Gasteiger partial charge on any atom is 0.416 e. The van der Waals surface area contributed by atoms with Crippen molar-refractivity contribution in [2.24, 2.45) is 0 Å². The lowest BCUT2D eigenvalue weighted by molar-refractivity contribution is -0.155. The molecule has 0 spiro atoms. The molecule has 0 radical (unpaired) electrons. The Labute approximate surface area is 242 Å². The van der Waals surface area contributed by atoms with Crippen molar-refractivity contribution in [2.45, 2.75) is 71.7 Å². The molecule has 7 nitrogen and oxygen atoms in total. The highest BCUT2D eigenvalue weighted by atomic mass is 19.4. The van der Waals surface area contributed by atoms with Gasteiger partial charge < -0.3 is 10.1 Å². The monoisotopic (exact) mass is 578 g/mol. The van der Waals surface area contributed by atoms with E-state index in [0.717, 1.165) is 23.4 Å². The molecular formula is C32H33F3N4O3. The molecule has 0 aliphatic heterocycles. The number of carbonyl (C=O) groups is 2. The number of ether oxygens (including phenoxy) is 1. The standard InChI is InChI=1S/C32H33F3N4O3/c1-20-9-10-21(18-36-20)19-37-30(41)23-13-16-25-27(17-23)38-26(7-5-6-8-28(40)42-31(2,3)4)29(39-25)22-11-14-24(15-12-22)32(33,34)35/h9-18H,5-8,19H2,1-4H3,(H,37,41). The molecule has 0 bridgehead atoms. The summed E-state index contributed by atoms with van der Waals surface area (Å²) < 4.78 is 44.8. The topological polar surface area (TPSA) is 94.1 Å². The summed E-state index contributed by atoms with van der Waals surface area (Å²) in [7, 11) is 0. The Kier molecular flexibility index (Phi) is 9.23. The van der Waals surface area contributed by atoms with E-state index in [1.165, 1.54) is 12.1 Å². The maximum atomic E-state index is 13.2. The summed E-state index contributed by atoms with van der Waals surface area (Å²) in [5.74, 6) is -0.586. The van der Waals surface area contributed by atoms with Crippen LogP contribution in [0.25, 0.3) is 22.3 Å². The molecule has 2 aromatic carbocycles. The van der Waals surface area contributed by atoms with Crippen molar-refractivity contribution >= 4 is 22.9 Å². The van der Waals surface area contributed by atoms with Crippen LogP contribution in [0.1, 0.15) is 72.9 Å². The third-order valence-electron chi connectivity index (χ3n) is 6.37. The van der Waals surface area contributed by atoms with Crippen molar-refractivity contribution in [2.75, 3.05) is 0 Å². The SMILES string of the molecule is Cc1ccc(CNC(=O)c2ccc3nc(-c4ccc(C(F)(F)F)cc4)c(CCCCC(=O)OC(C)(C)C)nc3c2)cn1. The van der Waals surface area contributed by atoms with Gasteiger partial charge in [-0.15, -0.1) is 0 Å². The highest BCUT2D eigenvalue weighted by Crippen LogP contribution is 2.32. The molecule has 0 atom stereocenters. The lowest BCUT2D eigenvalue weighted by Gasteiger charge is -2.19. The summed E-state index contributed by atoms with van der Waals surface area (Å²) in [6.07, 6.45) is -0.965. The number of nitrogens with zero attached hydrogens (tertiary/aromatic N) is 3. The van der Waals surface area contributed by atoms with Crippen LogP contribution in [0.15, 0.2) is 60.8 Å². The van der Waals surface area contributed by atoms with Gasteiger partial charge in [-0.1, -0.05) is 18.2 Å². The van der Waals surface area contributed by atoms with Crippen LogP contribution in [-0.4, -0.2) is 32.4 Å². The van der Waals surface area contributed by atoms with Crippen molar-refractivity contribution in [3.05, 3.63) is 88.9 Å². The number of benzene rings is 2. The number of fused-ring (bicyclic) bond motifs is 1. The summed E-state index contributed by atoms with van der Waals surface area (Å²) >= 11 is 0. The third-order valence-corrected chi connectivity index (χ3v) is 6.37. The fraction of sp³-hybridized carbons (Fsp3) is 0.344. The van der Waals surface area contributed by atoms with Crippen molar-refractivity contribution in [3.63, 3.8) is 0 Å². The zero-order valence-electron chi connectivity index (χ0n) is 24.0. The lowest BCUT2D eigenvalue weighted by Crippen LogP contribution is -2.23. The van der Waals surface area contributed by atoms with Gasteiger partial charge in [0.05, 0.1) is 28.0 Å². The van der Waals surface area contributed by atoms with Crippen molar-refractivity contribution in [1.29, 1.82) is 0 Å². The van der Waals surface area contributed by atoms with Crippen LogP contribution < -0.4 is 5.32 Å². The maximum absolute atomic E-state index is 13.2. The molecule has 1 N–H and O–H groups in total. The number of amides is 1. The minimum absolute atomic E-state index is 0.231. The first kappa shape index (κ1) is 30.6. The molecule has 0 saturated heterocycles. The second-order valence-corrected chi connectivity index (χ2v) is 11.1. The Hall–Kier alpha value is -4.34. The van der Waals surface area contributed by atoms with Crippen LogP contribution in [-0.2, 0) is 28.7 Å². The molecule has 0 aliphatic rings. The number of halogens is 3. The number of rotatable bonds is 9. The quantitative estimate of drug-likeness (QED) is 0.170. The predicted octanol–water partition coefficient (Wildman–Crippen LogP) is 7.00. The molecule has 2 heterocycles. The Morgan fingerprint density at radius 3 is 2.29 bits per heavy atom. The first-order valence-corrected chi connectivity index (χ1v) is 13.7. The number of aryl methyl sites for hydroxylation is 2. The van der Waals surface area contributed by atoms with Gasteiger partial charge in [0.1, 0.15) is 5.60 Å². The molecule has 0 saturated carbocycles. The smallest absolute Gasteiger partial charge is 0.416 e. The second kappa shape index (κ2) is 12.7. The predicted molar refractivity (Wildman–Crippen MR) is 154 cm³/mol. The highest BCUT2D eigenvalue weighted by molar-refractivity contribution is 5.97. The Morgan fingerprint density at radius 1 is 0.905 bits per heavy atom. The number of pyridine rings is 1. The zero-order chi connectivity index (χ0) is 30.5. The van der Waals surface area contributed by atoms with Crippen LogP contribution in [0, 0.1) is 6.92 Å². The van der Waals surface area contributed by atoms with E-state index in [1.54, 1.807) is 45.2 Å². The van der Waals surface area contributed by atoms with E-state index in [-0.39, 0.29) is 18.3 Å². The second-order valence-electron chi connectivity index (χ2n) is 11.1. The van der Waals surface area contributed by atoms with Gasteiger partial charge in [-0.05, 0) is 88.9 Å². The average molecular weight is 579 g/mol. The first-order chi connectivity index (χ1) is 19.8. The number of unbranched alkanes of at least 4 members (excludes halogenated alkanes) is 1. The summed E-state index contributed by atoms with van der Waals surface area (Å²) in [5, 5.41) is 2.87. The third kappa shape index (κ3) is 8.34. The fourth-order valence-electron chi connectivity index (χ4n) is 4.30. The summed E-state index contributed by atoms with van der Waals surface area (Å²) in [4.78, 5) is 38.7. The van der Waals surface area contributed by atoms with Gasteiger partial charge in [-0.3, -0.25) is 14.6 Å². The molecular weight excluding hydrogens is 545 g/mol. The Balaban J connectivity index is 1.58. The average Bonchev–Trinajstić information content (AvgIpc) is 2.93. The van der Waals surface area contributed by atoms with Crippen molar-refractivity contribution < 1.29 is 27.5 Å². The number of hydrogen-bond acceptors (Lipinski definition) is 6. The fourth-order valence-corrected chi connectivity index (χ4v) is 4.30. The first-order valence-electron chi connectivity index (χ1n) is 13.7. The number of aromatic nitrogens is 3. The van der Waals surface area contributed by atoms with E-state index >= 15 is 0 Å². The summed E-state index contributed by atoms with van der Waals surface area (Å²) in [6, 6.07) is 13.5. The van der Waals surface area contributed by atoms with Gasteiger partial charge in [0.25, 0.3) is 5.91 Å². The summed E-state index contributed by atoms with van der Waals surface area (Å²) in [5.41, 5.74) is 3.32. The van der Waals surface area contributed by atoms with Gasteiger partial charge in [0.2, 0.25) is 0 Å². The molecule has 1 amide bonds. The highest BCUT2D eigenvalue weighted by Gasteiger charge is 2.30. The Morgan fingerprint density at radius 2 is 1.64 bits per heavy atom. The molecule has 10 heteroatoms. The van der Waals surface area contributed by atoms with E-state index < -0.39 is 17.3 Å². The van der Waals surface area contributed by atoms with E-state index in [1.807, 2.05) is 19.1 Å². The van der Waals surface area contributed by atoms with Crippen LogP contribution in [0.3, 0.4) is 0 Å². The van der Waals surface area contributed by atoms with Crippen molar-refractivity contribution in [3.8, 4) is 11.3 Å². The zero-order valence-corrected chi connectivity index (χ0v) is 24.0. The molecule has 0 fully saturated rings. The lowest BCUT2D eigenvalue weighted by atomic mass is 10.0. The van der Waals surface area contributed by atoms with Crippen LogP contribution in [0.4, 0.5) is 13.2 Å². The number of carbonyl (C=O) groups excluding carboxylic acids is 2. The molecule has 220 valence electrons. The van der Waals surface area contributed by atoms with Crippen LogP contribution in [0.5, 0.6) is 0 Å². The molecule has 4 aromatic rings. The van der Waals surface area contributed by atoms with Gasteiger partial charge in [0, 0.05) is 36.0 Å². The largest absolute Gasteiger partial charge is 0.460 e. The molecule has 0 unspecified atom stereocenters. The van der Waals surface area contributed by atoms with Gasteiger partial charge in [-0.25, -0.2) is 9.97 Å². The van der Waals surface area contributed by atoms with E-state index in [0.29, 0.717) is 59.4 Å². The molecule has 4 rings (SSSR count). The van der Waals surface area contributed by atoms with Crippen LogP contribution in [0.2, 0.25) is 0 Å². The number of alkyl halides is 3. The van der Waals surface area contributed by atoms with Gasteiger partial charge >= 0.3 is 12.1 Å². The van der Waals surface area contributed by atoms with Gasteiger partial charge in [0.15, 0.2) is 0 Å². The van der Waals surface area contributed by atoms with E-state index in [9.17, 15) is 22.8 Å². The summed E-state index contributed by atoms with van der Waals surface area (Å²) in [6.45, 7) is 7.61. The van der Waals surface area contributed by atoms with E-state index in [2.05, 4.69) is 10.3 Å². The molecule has 42 heavy (non-hydrogen) atoms. The number of hydrogen-bond donors (Lipinski definition) is 1. The molecule has 0 aliphatic carbocycles. The normalized spacial score (nSPS) is 11.9. The van der Waals surface area contributed by atoms with Crippen molar-refractivity contribution in [1.82, 2.24) is 20.3 Å². The minimum Gasteiger partial charge on any atom is -0.460 e. The van der Waals surface area contributed by atoms with Crippen LogP contribution >= 0.6 is 0 Å². The molecule has 2 aromatic heterocycles.